The van der Waals surface area contributed by atoms with Crippen LogP contribution in [0.2, 0.25) is 0 Å². The molecule has 2 aromatic carbocycles. The van der Waals surface area contributed by atoms with Crippen LogP contribution in [0.5, 0.6) is 0 Å². The molecular formula is C16H20N2. The SMILES string of the molecule is CN(C)c1cccc(Cc2ccccc2CN)c1. The van der Waals surface area contributed by atoms with E-state index in [0.29, 0.717) is 6.54 Å². The third-order valence-electron chi connectivity index (χ3n) is 3.16. The number of rotatable bonds is 4. The molecule has 2 aromatic rings. The fraction of sp³-hybridized carbons (Fsp3) is 0.250. The largest absolute Gasteiger partial charge is 0.378 e. The maximum Gasteiger partial charge on any atom is 0.0363 e. The molecule has 0 saturated heterocycles. The van der Waals surface area contributed by atoms with Crippen molar-refractivity contribution >= 4 is 5.69 Å². The summed E-state index contributed by atoms with van der Waals surface area (Å²) in [5.74, 6) is 0. The maximum atomic E-state index is 5.77. The molecule has 0 unspecified atom stereocenters. The van der Waals surface area contributed by atoms with Crippen LogP contribution in [0.1, 0.15) is 16.7 Å². The molecule has 94 valence electrons. The Kier molecular flexibility index (Phi) is 4.00. The molecule has 0 spiro atoms. The van der Waals surface area contributed by atoms with Crippen molar-refractivity contribution in [2.45, 2.75) is 13.0 Å². The Bertz CT molecular complexity index is 518. The zero-order chi connectivity index (χ0) is 13.0. The van der Waals surface area contributed by atoms with E-state index in [-0.39, 0.29) is 0 Å². The van der Waals surface area contributed by atoms with Crippen LogP contribution in [0.15, 0.2) is 48.5 Å². The lowest BCUT2D eigenvalue weighted by molar-refractivity contribution is 1.02. The van der Waals surface area contributed by atoms with Gasteiger partial charge in [0.1, 0.15) is 0 Å². The summed E-state index contributed by atoms with van der Waals surface area (Å²) < 4.78 is 0. The van der Waals surface area contributed by atoms with E-state index in [1.165, 1.54) is 22.4 Å². The Balaban J connectivity index is 2.25. The zero-order valence-electron chi connectivity index (χ0n) is 11.1. The fourth-order valence-corrected chi connectivity index (χ4v) is 2.09. The van der Waals surface area contributed by atoms with Crippen molar-refractivity contribution in [3.8, 4) is 0 Å². The Labute approximate surface area is 109 Å². The van der Waals surface area contributed by atoms with E-state index in [4.69, 9.17) is 5.73 Å². The first-order chi connectivity index (χ1) is 8.70. The standard InChI is InChI=1S/C16H20N2/c1-18(2)16-9-5-6-13(11-16)10-14-7-3-4-8-15(14)12-17/h3-9,11H,10,12,17H2,1-2H3. The summed E-state index contributed by atoms with van der Waals surface area (Å²) in [6, 6.07) is 17.0. The van der Waals surface area contributed by atoms with Gasteiger partial charge in [-0.25, -0.2) is 0 Å². The highest BCUT2D eigenvalue weighted by molar-refractivity contribution is 5.48. The van der Waals surface area contributed by atoms with Crippen molar-refractivity contribution in [1.82, 2.24) is 0 Å². The second kappa shape index (κ2) is 5.69. The van der Waals surface area contributed by atoms with Crippen molar-refractivity contribution in [2.75, 3.05) is 19.0 Å². The molecule has 0 amide bonds. The first kappa shape index (κ1) is 12.7. The summed E-state index contributed by atoms with van der Waals surface area (Å²) in [5, 5.41) is 0. The minimum atomic E-state index is 0.601. The number of hydrogen-bond donors (Lipinski definition) is 1. The predicted molar refractivity (Wildman–Crippen MR) is 77.9 cm³/mol. The molecule has 0 fully saturated rings. The van der Waals surface area contributed by atoms with E-state index in [1.807, 2.05) is 6.07 Å². The molecule has 0 aliphatic carbocycles. The quantitative estimate of drug-likeness (QED) is 0.890. The van der Waals surface area contributed by atoms with Crippen LogP contribution in [0.3, 0.4) is 0 Å². The summed E-state index contributed by atoms with van der Waals surface area (Å²) in [5.41, 5.74) is 10.9. The van der Waals surface area contributed by atoms with Crippen LogP contribution in [0.4, 0.5) is 5.69 Å². The number of benzene rings is 2. The van der Waals surface area contributed by atoms with Gasteiger partial charge in [-0.05, 0) is 35.2 Å². The van der Waals surface area contributed by atoms with Crippen LogP contribution >= 0.6 is 0 Å². The van der Waals surface area contributed by atoms with Gasteiger partial charge in [-0.3, -0.25) is 0 Å². The average molecular weight is 240 g/mol. The molecule has 2 rings (SSSR count). The highest BCUT2D eigenvalue weighted by atomic mass is 15.1. The molecular weight excluding hydrogens is 220 g/mol. The van der Waals surface area contributed by atoms with Gasteiger partial charge in [-0.15, -0.1) is 0 Å². The van der Waals surface area contributed by atoms with E-state index in [1.54, 1.807) is 0 Å². The average Bonchev–Trinajstić information content (AvgIpc) is 2.39. The lowest BCUT2D eigenvalue weighted by Gasteiger charge is -2.14. The Hall–Kier alpha value is -1.80. The first-order valence-corrected chi connectivity index (χ1v) is 6.24. The minimum Gasteiger partial charge on any atom is -0.378 e. The van der Waals surface area contributed by atoms with E-state index in [0.717, 1.165) is 6.42 Å². The monoisotopic (exact) mass is 240 g/mol. The van der Waals surface area contributed by atoms with Gasteiger partial charge in [0.15, 0.2) is 0 Å². The second-order valence-electron chi connectivity index (χ2n) is 4.71. The molecule has 0 radical (unpaired) electrons. The van der Waals surface area contributed by atoms with Crippen LogP contribution in [0, 0.1) is 0 Å². The van der Waals surface area contributed by atoms with E-state index in [9.17, 15) is 0 Å². The predicted octanol–water partition coefficient (Wildman–Crippen LogP) is 2.80. The summed E-state index contributed by atoms with van der Waals surface area (Å²) in [4.78, 5) is 2.12. The van der Waals surface area contributed by atoms with Crippen LogP contribution < -0.4 is 10.6 Å². The van der Waals surface area contributed by atoms with Gasteiger partial charge < -0.3 is 10.6 Å². The van der Waals surface area contributed by atoms with Crippen molar-refractivity contribution in [3.05, 3.63) is 65.2 Å². The van der Waals surface area contributed by atoms with Crippen LogP contribution in [-0.2, 0) is 13.0 Å². The third-order valence-corrected chi connectivity index (χ3v) is 3.16. The normalized spacial score (nSPS) is 10.4. The molecule has 0 atom stereocenters. The number of hydrogen-bond acceptors (Lipinski definition) is 2. The molecule has 0 aliphatic rings. The van der Waals surface area contributed by atoms with Crippen LogP contribution in [0.25, 0.3) is 0 Å². The summed E-state index contributed by atoms with van der Waals surface area (Å²) in [7, 11) is 4.12. The molecule has 0 bridgehead atoms. The zero-order valence-corrected chi connectivity index (χ0v) is 11.1. The molecule has 2 heteroatoms. The van der Waals surface area contributed by atoms with Gasteiger partial charge in [-0.2, -0.15) is 0 Å². The van der Waals surface area contributed by atoms with E-state index in [2.05, 4.69) is 61.5 Å². The summed E-state index contributed by atoms with van der Waals surface area (Å²) in [6.45, 7) is 0.601. The van der Waals surface area contributed by atoms with E-state index >= 15 is 0 Å². The number of anilines is 1. The van der Waals surface area contributed by atoms with Gasteiger partial charge in [-0.1, -0.05) is 36.4 Å². The van der Waals surface area contributed by atoms with Crippen molar-refractivity contribution < 1.29 is 0 Å². The van der Waals surface area contributed by atoms with Gasteiger partial charge in [0.05, 0.1) is 0 Å². The first-order valence-electron chi connectivity index (χ1n) is 6.24. The van der Waals surface area contributed by atoms with Gasteiger partial charge in [0, 0.05) is 26.3 Å². The number of nitrogens with two attached hydrogens (primary N) is 1. The molecule has 0 saturated carbocycles. The highest BCUT2D eigenvalue weighted by Crippen LogP contribution is 2.18. The summed E-state index contributed by atoms with van der Waals surface area (Å²) in [6.07, 6.45) is 0.940. The molecule has 0 heterocycles. The van der Waals surface area contributed by atoms with Crippen molar-refractivity contribution in [1.29, 1.82) is 0 Å². The van der Waals surface area contributed by atoms with Crippen molar-refractivity contribution in [3.63, 3.8) is 0 Å². The molecule has 18 heavy (non-hydrogen) atoms. The van der Waals surface area contributed by atoms with Crippen LogP contribution in [-0.4, -0.2) is 14.1 Å². The van der Waals surface area contributed by atoms with Gasteiger partial charge >= 0.3 is 0 Å². The summed E-state index contributed by atoms with van der Waals surface area (Å²) >= 11 is 0. The van der Waals surface area contributed by atoms with Crippen molar-refractivity contribution in [2.24, 2.45) is 5.73 Å². The minimum absolute atomic E-state index is 0.601. The van der Waals surface area contributed by atoms with E-state index < -0.39 is 0 Å². The molecule has 0 aliphatic heterocycles. The molecule has 2 N–H and O–H groups in total. The number of nitrogens with zero attached hydrogens (tertiary/aromatic N) is 1. The topological polar surface area (TPSA) is 29.3 Å². The Morgan fingerprint density at radius 2 is 1.67 bits per heavy atom. The van der Waals surface area contributed by atoms with Gasteiger partial charge in [0.2, 0.25) is 0 Å². The van der Waals surface area contributed by atoms with Gasteiger partial charge in [0.25, 0.3) is 0 Å². The third kappa shape index (κ3) is 2.90. The smallest absolute Gasteiger partial charge is 0.0363 e. The lowest BCUT2D eigenvalue weighted by atomic mass is 9.99. The Morgan fingerprint density at radius 1 is 0.944 bits per heavy atom. The fourth-order valence-electron chi connectivity index (χ4n) is 2.09. The maximum absolute atomic E-state index is 5.77. The second-order valence-corrected chi connectivity index (χ2v) is 4.71. The molecule has 2 nitrogen and oxygen atoms in total. The highest BCUT2D eigenvalue weighted by Gasteiger charge is 2.03. The Morgan fingerprint density at radius 3 is 2.33 bits per heavy atom. The lowest BCUT2D eigenvalue weighted by Crippen LogP contribution is -2.09. The molecule has 0 aromatic heterocycles.